The number of nitrogens with zero attached hydrogens (tertiary/aromatic N) is 2. The summed E-state index contributed by atoms with van der Waals surface area (Å²) in [6, 6.07) is 16.6. The van der Waals surface area contributed by atoms with Crippen LogP contribution in [0.15, 0.2) is 82.0 Å². The van der Waals surface area contributed by atoms with Gasteiger partial charge in [0, 0.05) is 12.1 Å². The number of non-ortho nitro benzene ring substituents is 1. The van der Waals surface area contributed by atoms with Crippen LogP contribution in [0, 0.1) is 10.1 Å². The van der Waals surface area contributed by atoms with Crippen LogP contribution in [0.3, 0.4) is 0 Å². The number of furan rings is 1. The van der Waals surface area contributed by atoms with Crippen molar-refractivity contribution >= 4 is 23.6 Å². The Balaban J connectivity index is 1.46. The molecule has 8 nitrogen and oxygen atoms in total. The monoisotopic (exact) mass is 390 g/mol. The predicted octanol–water partition coefficient (Wildman–Crippen LogP) is 4.11. The summed E-state index contributed by atoms with van der Waals surface area (Å²) in [6.07, 6.45) is 3.07. The molecule has 0 radical (unpaired) electrons. The van der Waals surface area contributed by atoms with E-state index in [-0.39, 0.29) is 23.9 Å². The summed E-state index contributed by atoms with van der Waals surface area (Å²) < 4.78 is 16.0. The third-order valence-corrected chi connectivity index (χ3v) is 4.07. The molecule has 1 aliphatic rings. The molecule has 1 aromatic heterocycles. The Hall–Kier alpha value is -4.20. The molecule has 0 saturated carbocycles. The van der Waals surface area contributed by atoms with Gasteiger partial charge in [0.1, 0.15) is 12.4 Å². The summed E-state index contributed by atoms with van der Waals surface area (Å²) in [4.78, 5) is 26.5. The first kappa shape index (κ1) is 18.2. The molecule has 2 aromatic carbocycles. The molecule has 0 unspecified atom stereocenters. The zero-order chi connectivity index (χ0) is 20.2. The van der Waals surface area contributed by atoms with Crippen molar-refractivity contribution in [3.05, 3.63) is 99.6 Å². The first-order chi connectivity index (χ1) is 14.1. The van der Waals surface area contributed by atoms with Gasteiger partial charge in [-0.3, -0.25) is 10.1 Å². The summed E-state index contributed by atoms with van der Waals surface area (Å²) in [6.45, 7) is 0.251. The maximum absolute atomic E-state index is 12.0. The van der Waals surface area contributed by atoms with E-state index in [9.17, 15) is 14.9 Å². The van der Waals surface area contributed by atoms with Gasteiger partial charge in [-0.25, -0.2) is 9.79 Å². The number of benzene rings is 2. The Kier molecular flexibility index (Phi) is 4.90. The number of rotatable bonds is 6. The second-order valence-corrected chi connectivity index (χ2v) is 6.10. The van der Waals surface area contributed by atoms with E-state index < -0.39 is 10.9 Å². The second-order valence-electron chi connectivity index (χ2n) is 6.10. The maximum Gasteiger partial charge on any atom is 0.363 e. The van der Waals surface area contributed by atoms with Crippen LogP contribution in [0.4, 0.5) is 5.69 Å². The van der Waals surface area contributed by atoms with Gasteiger partial charge in [-0.15, -0.1) is 0 Å². The van der Waals surface area contributed by atoms with Crippen molar-refractivity contribution in [3.63, 3.8) is 0 Å². The van der Waals surface area contributed by atoms with E-state index in [2.05, 4.69) is 4.99 Å². The van der Waals surface area contributed by atoms with Crippen LogP contribution in [0.2, 0.25) is 0 Å². The molecule has 2 heterocycles. The number of ether oxygens (including phenoxy) is 2. The largest absolute Gasteiger partial charge is 0.489 e. The molecule has 4 rings (SSSR count). The average Bonchev–Trinajstić information content (AvgIpc) is 3.37. The van der Waals surface area contributed by atoms with Gasteiger partial charge in [-0.05, 0) is 53.6 Å². The van der Waals surface area contributed by atoms with Crippen molar-refractivity contribution in [2.45, 2.75) is 6.61 Å². The minimum Gasteiger partial charge on any atom is -0.489 e. The molecule has 0 spiro atoms. The van der Waals surface area contributed by atoms with Gasteiger partial charge in [-0.1, -0.05) is 12.1 Å². The van der Waals surface area contributed by atoms with E-state index in [1.54, 1.807) is 54.6 Å². The lowest BCUT2D eigenvalue weighted by atomic mass is 10.2. The van der Waals surface area contributed by atoms with Crippen LogP contribution in [0.1, 0.15) is 16.9 Å². The number of nitro benzene ring substituents is 1. The lowest BCUT2D eigenvalue weighted by molar-refractivity contribution is -0.384. The predicted molar refractivity (Wildman–Crippen MR) is 103 cm³/mol. The quantitative estimate of drug-likeness (QED) is 0.271. The summed E-state index contributed by atoms with van der Waals surface area (Å²) in [5.74, 6) is 0.520. The van der Waals surface area contributed by atoms with Crippen LogP contribution >= 0.6 is 0 Å². The number of esters is 1. The average molecular weight is 390 g/mol. The van der Waals surface area contributed by atoms with Crippen LogP contribution < -0.4 is 4.74 Å². The zero-order valence-corrected chi connectivity index (χ0v) is 15.0. The number of cyclic esters (lactones) is 1. The molecule has 144 valence electrons. The zero-order valence-electron chi connectivity index (χ0n) is 15.0. The van der Waals surface area contributed by atoms with Crippen molar-refractivity contribution < 1.29 is 23.6 Å². The first-order valence-corrected chi connectivity index (χ1v) is 8.61. The van der Waals surface area contributed by atoms with Crippen LogP contribution in [-0.2, 0) is 16.1 Å². The first-order valence-electron chi connectivity index (χ1n) is 8.61. The third-order valence-electron chi connectivity index (χ3n) is 4.07. The lowest BCUT2D eigenvalue weighted by Crippen LogP contribution is -2.04. The standard InChI is InChI=1S/C21H14N2O6/c24-21-18(22-20(29-21)19-5-2-10-27-19)12-15-3-1-4-17(11-15)28-13-14-6-8-16(9-7-14)23(25)26/h1-12H,13H2/b18-12-. The van der Waals surface area contributed by atoms with Gasteiger partial charge < -0.3 is 13.9 Å². The summed E-state index contributed by atoms with van der Waals surface area (Å²) in [5.41, 5.74) is 1.69. The molecule has 0 aliphatic carbocycles. The van der Waals surface area contributed by atoms with Gasteiger partial charge in [0.15, 0.2) is 11.5 Å². The number of carbonyl (C=O) groups excluding carboxylic acids is 1. The van der Waals surface area contributed by atoms with Crippen molar-refractivity contribution in [2.24, 2.45) is 4.99 Å². The highest BCUT2D eigenvalue weighted by atomic mass is 16.6. The number of hydrogen-bond donors (Lipinski definition) is 0. The van der Waals surface area contributed by atoms with Gasteiger partial charge in [0.2, 0.25) is 0 Å². The van der Waals surface area contributed by atoms with Crippen LogP contribution in [0.5, 0.6) is 5.75 Å². The minimum absolute atomic E-state index is 0.0281. The topological polar surface area (TPSA) is 104 Å². The van der Waals surface area contributed by atoms with E-state index >= 15 is 0 Å². The Bertz CT molecular complexity index is 1110. The molecule has 3 aromatic rings. The van der Waals surface area contributed by atoms with Crippen molar-refractivity contribution in [1.29, 1.82) is 0 Å². The fourth-order valence-electron chi connectivity index (χ4n) is 2.65. The highest BCUT2D eigenvalue weighted by molar-refractivity contribution is 6.11. The minimum atomic E-state index is -0.561. The smallest absolute Gasteiger partial charge is 0.363 e. The van der Waals surface area contributed by atoms with Crippen molar-refractivity contribution in [1.82, 2.24) is 0 Å². The number of carbonyl (C=O) groups is 1. The highest BCUT2D eigenvalue weighted by Crippen LogP contribution is 2.22. The lowest BCUT2D eigenvalue weighted by Gasteiger charge is -2.07. The number of nitro groups is 1. The van der Waals surface area contributed by atoms with E-state index in [0.717, 1.165) is 5.56 Å². The molecule has 29 heavy (non-hydrogen) atoms. The maximum atomic E-state index is 12.0. The molecule has 0 N–H and O–H groups in total. The molecule has 0 amide bonds. The Morgan fingerprint density at radius 2 is 1.93 bits per heavy atom. The molecular formula is C21H14N2O6. The molecule has 0 bridgehead atoms. The van der Waals surface area contributed by atoms with Crippen molar-refractivity contribution in [3.8, 4) is 5.75 Å². The van der Waals surface area contributed by atoms with E-state index in [1.807, 2.05) is 0 Å². The van der Waals surface area contributed by atoms with Crippen LogP contribution in [0.25, 0.3) is 6.08 Å². The summed E-state index contributed by atoms with van der Waals surface area (Å²) in [7, 11) is 0. The molecule has 8 heteroatoms. The fraction of sp³-hybridized carbons (Fsp3) is 0.0476. The van der Waals surface area contributed by atoms with E-state index in [4.69, 9.17) is 13.9 Å². The molecular weight excluding hydrogens is 376 g/mol. The van der Waals surface area contributed by atoms with Gasteiger partial charge in [-0.2, -0.15) is 0 Å². The normalized spacial score (nSPS) is 14.6. The molecule has 0 atom stereocenters. The molecule has 0 fully saturated rings. The van der Waals surface area contributed by atoms with Gasteiger partial charge >= 0.3 is 5.97 Å². The van der Waals surface area contributed by atoms with E-state index in [0.29, 0.717) is 17.1 Å². The van der Waals surface area contributed by atoms with Gasteiger partial charge in [0.05, 0.1) is 11.2 Å². The Labute approximate surface area is 164 Å². The van der Waals surface area contributed by atoms with Crippen molar-refractivity contribution in [2.75, 3.05) is 0 Å². The Morgan fingerprint density at radius 1 is 1.10 bits per heavy atom. The SMILES string of the molecule is O=C1OC(c2ccco2)=N/C1=C\c1cccc(OCc2ccc([N+](=O)[O-])cc2)c1. The molecule has 0 saturated heterocycles. The Morgan fingerprint density at radius 3 is 2.66 bits per heavy atom. The van der Waals surface area contributed by atoms with E-state index in [1.165, 1.54) is 18.4 Å². The van der Waals surface area contributed by atoms with Crippen LogP contribution in [-0.4, -0.2) is 16.8 Å². The summed E-state index contributed by atoms with van der Waals surface area (Å²) in [5, 5.41) is 10.7. The third kappa shape index (κ3) is 4.22. The fourth-order valence-corrected chi connectivity index (χ4v) is 2.65. The number of hydrogen-bond acceptors (Lipinski definition) is 7. The highest BCUT2D eigenvalue weighted by Gasteiger charge is 2.25. The number of aliphatic imine (C=N–C) groups is 1. The van der Waals surface area contributed by atoms with Gasteiger partial charge in [0.25, 0.3) is 11.6 Å². The summed E-state index contributed by atoms with van der Waals surface area (Å²) >= 11 is 0. The second kappa shape index (κ2) is 7.81. The molecule has 1 aliphatic heterocycles.